The minimum Gasteiger partial charge on any atom is -0.346 e. The van der Waals surface area contributed by atoms with Gasteiger partial charge in [0.05, 0.1) is 4.47 Å². The van der Waals surface area contributed by atoms with E-state index in [9.17, 15) is 4.79 Å². The predicted molar refractivity (Wildman–Crippen MR) is 96.1 cm³/mol. The summed E-state index contributed by atoms with van der Waals surface area (Å²) >= 11 is 9.35. The molecule has 1 N–H and O–H groups in total. The summed E-state index contributed by atoms with van der Waals surface area (Å²) in [6.07, 6.45) is 2.26. The maximum atomic E-state index is 12.4. The Balaban J connectivity index is 2.12. The van der Waals surface area contributed by atoms with Crippen LogP contribution >= 0.6 is 27.5 Å². The fourth-order valence-electron chi connectivity index (χ4n) is 2.35. The summed E-state index contributed by atoms with van der Waals surface area (Å²) in [5.74, 6) is 0.633. The van der Waals surface area contributed by atoms with E-state index in [-0.39, 0.29) is 11.9 Å². The molecule has 0 aliphatic heterocycles. The van der Waals surface area contributed by atoms with Crippen LogP contribution in [0.3, 0.4) is 0 Å². The second-order valence-electron chi connectivity index (χ2n) is 5.57. The van der Waals surface area contributed by atoms with Crippen molar-refractivity contribution in [3.8, 4) is 0 Å². The highest BCUT2D eigenvalue weighted by molar-refractivity contribution is 9.10. The zero-order valence-electron chi connectivity index (χ0n) is 13.4. The first-order chi connectivity index (χ1) is 10.9. The average Bonchev–Trinajstić information content (AvgIpc) is 2.51. The number of alkyl halides is 1. The quantitative estimate of drug-likeness (QED) is 0.783. The Morgan fingerprint density at radius 2 is 2.09 bits per heavy atom. The lowest BCUT2D eigenvalue weighted by Gasteiger charge is -2.18. The minimum absolute atomic E-state index is 0.159. The van der Waals surface area contributed by atoms with Crippen LogP contribution in [-0.2, 0) is 6.42 Å². The number of aryl methyl sites for hydroxylation is 3. The van der Waals surface area contributed by atoms with Crippen molar-refractivity contribution in [1.29, 1.82) is 0 Å². The van der Waals surface area contributed by atoms with E-state index in [1.54, 1.807) is 13.1 Å². The van der Waals surface area contributed by atoms with Crippen LogP contribution in [0.15, 0.2) is 28.9 Å². The van der Waals surface area contributed by atoms with Crippen LogP contribution < -0.4 is 5.32 Å². The number of hydrogen-bond acceptors (Lipinski definition) is 3. The molecule has 1 aromatic carbocycles. The van der Waals surface area contributed by atoms with Gasteiger partial charge in [0.1, 0.15) is 11.5 Å². The number of nitrogens with one attached hydrogen (secondary N) is 1. The van der Waals surface area contributed by atoms with Crippen LogP contribution in [0.1, 0.15) is 33.0 Å². The normalized spacial score (nSPS) is 12.0. The molecule has 1 aromatic heterocycles. The topological polar surface area (TPSA) is 54.9 Å². The molecular formula is C17H19BrClN3O. The van der Waals surface area contributed by atoms with E-state index >= 15 is 0 Å². The molecule has 1 heterocycles. The molecule has 23 heavy (non-hydrogen) atoms. The van der Waals surface area contributed by atoms with E-state index in [1.165, 1.54) is 16.7 Å². The summed E-state index contributed by atoms with van der Waals surface area (Å²) in [4.78, 5) is 20.7. The Hall–Kier alpha value is -1.46. The molecule has 0 aliphatic rings. The van der Waals surface area contributed by atoms with E-state index in [0.717, 1.165) is 0 Å². The van der Waals surface area contributed by atoms with E-state index in [1.807, 2.05) is 0 Å². The fraction of sp³-hybridized carbons (Fsp3) is 0.353. The van der Waals surface area contributed by atoms with E-state index in [4.69, 9.17) is 11.6 Å². The highest BCUT2D eigenvalue weighted by Gasteiger charge is 2.18. The van der Waals surface area contributed by atoms with Crippen LogP contribution in [0.2, 0.25) is 0 Å². The number of carbonyl (C=O) groups is 1. The third kappa shape index (κ3) is 4.75. The Bertz CT molecular complexity index is 721. The molecule has 0 bridgehead atoms. The second-order valence-corrected chi connectivity index (χ2v) is 6.74. The number of amides is 1. The molecule has 0 unspecified atom stereocenters. The van der Waals surface area contributed by atoms with Gasteiger partial charge in [-0.25, -0.2) is 9.97 Å². The van der Waals surface area contributed by atoms with Crippen molar-refractivity contribution in [2.45, 2.75) is 33.2 Å². The van der Waals surface area contributed by atoms with Gasteiger partial charge in [-0.2, -0.15) is 0 Å². The van der Waals surface area contributed by atoms with Crippen molar-refractivity contribution in [3.05, 3.63) is 57.1 Å². The van der Waals surface area contributed by atoms with Gasteiger partial charge in [0.2, 0.25) is 0 Å². The molecule has 0 radical (unpaired) electrons. The van der Waals surface area contributed by atoms with Gasteiger partial charge in [0, 0.05) is 18.1 Å². The molecule has 0 saturated heterocycles. The Labute approximate surface area is 149 Å². The molecule has 0 spiro atoms. The van der Waals surface area contributed by atoms with Gasteiger partial charge in [-0.3, -0.25) is 4.79 Å². The lowest BCUT2D eigenvalue weighted by Crippen LogP contribution is -2.38. The maximum absolute atomic E-state index is 12.4. The number of hydrogen-bond donors (Lipinski definition) is 1. The van der Waals surface area contributed by atoms with Crippen LogP contribution in [0.25, 0.3) is 0 Å². The number of aromatic nitrogens is 2. The van der Waals surface area contributed by atoms with Gasteiger partial charge in [-0.05, 0) is 54.2 Å². The Morgan fingerprint density at radius 3 is 2.74 bits per heavy atom. The zero-order valence-corrected chi connectivity index (χ0v) is 15.7. The molecule has 0 aliphatic carbocycles. The van der Waals surface area contributed by atoms with Crippen LogP contribution in [-0.4, -0.2) is 27.8 Å². The highest BCUT2D eigenvalue weighted by Crippen LogP contribution is 2.16. The smallest absolute Gasteiger partial charge is 0.271 e. The van der Waals surface area contributed by atoms with E-state index in [2.05, 4.69) is 63.3 Å². The average molecular weight is 397 g/mol. The molecule has 1 atom stereocenters. The van der Waals surface area contributed by atoms with Crippen molar-refractivity contribution in [1.82, 2.24) is 15.3 Å². The molecule has 6 heteroatoms. The lowest BCUT2D eigenvalue weighted by molar-refractivity contribution is 0.0934. The van der Waals surface area contributed by atoms with Gasteiger partial charge < -0.3 is 5.32 Å². The van der Waals surface area contributed by atoms with Crippen LogP contribution in [0.4, 0.5) is 0 Å². The molecule has 0 saturated carbocycles. The summed E-state index contributed by atoms with van der Waals surface area (Å²) in [5, 5.41) is 2.95. The fourth-order valence-corrected chi connectivity index (χ4v) is 2.91. The van der Waals surface area contributed by atoms with Crippen molar-refractivity contribution >= 4 is 33.4 Å². The van der Waals surface area contributed by atoms with Crippen molar-refractivity contribution in [2.24, 2.45) is 0 Å². The Kier molecular flexibility index (Phi) is 6.13. The second kappa shape index (κ2) is 7.88. The third-order valence-electron chi connectivity index (χ3n) is 3.57. The Morgan fingerprint density at radius 1 is 1.35 bits per heavy atom. The summed E-state index contributed by atoms with van der Waals surface area (Å²) in [5.41, 5.74) is 3.93. The van der Waals surface area contributed by atoms with Crippen LogP contribution in [0.5, 0.6) is 0 Å². The molecule has 4 nitrogen and oxygen atoms in total. The first kappa shape index (κ1) is 17.9. The van der Waals surface area contributed by atoms with Gasteiger partial charge >= 0.3 is 0 Å². The first-order valence-electron chi connectivity index (χ1n) is 7.32. The lowest BCUT2D eigenvalue weighted by atomic mass is 10.00. The molecule has 122 valence electrons. The largest absolute Gasteiger partial charge is 0.346 e. The number of carbonyl (C=O) groups excluding carboxylic acids is 1. The predicted octanol–water partition coefficient (Wildman–Crippen LogP) is 3.74. The van der Waals surface area contributed by atoms with Crippen molar-refractivity contribution in [3.63, 3.8) is 0 Å². The monoisotopic (exact) mass is 395 g/mol. The number of nitrogens with zero attached hydrogens (tertiary/aromatic N) is 2. The van der Waals surface area contributed by atoms with Crippen molar-refractivity contribution < 1.29 is 4.79 Å². The highest BCUT2D eigenvalue weighted by atomic mass is 79.9. The summed E-state index contributed by atoms with van der Waals surface area (Å²) in [6, 6.07) is 6.13. The zero-order chi connectivity index (χ0) is 17.0. The molecule has 2 aromatic rings. The third-order valence-corrected chi connectivity index (χ3v) is 4.52. The number of rotatable bonds is 5. The summed E-state index contributed by atoms with van der Waals surface area (Å²) in [6.45, 7) is 5.88. The SMILES string of the molecule is Cc1ccc(C[C@H](CCl)NC(=O)c2nc(C)ncc2Br)c(C)c1. The summed E-state index contributed by atoms with van der Waals surface area (Å²) in [7, 11) is 0. The molecular weight excluding hydrogens is 378 g/mol. The summed E-state index contributed by atoms with van der Waals surface area (Å²) < 4.78 is 0.570. The molecule has 0 fully saturated rings. The number of benzene rings is 1. The first-order valence-corrected chi connectivity index (χ1v) is 8.65. The van der Waals surface area contributed by atoms with Gasteiger partial charge in [0.15, 0.2) is 0 Å². The minimum atomic E-state index is -0.252. The molecule has 1 amide bonds. The number of halogens is 2. The molecule has 2 rings (SSSR count). The van der Waals surface area contributed by atoms with Gasteiger partial charge in [-0.1, -0.05) is 23.8 Å². The van der Waals surface area contributed by atoms with Gasteiger partial charge in [-0.15, -0.1) is 11.6 Å². The maximum Gasteiger partial charge on any atom is 0.271 e. The van der Waals surface area contributed by atoms with Crippen molar-refractivity contribution in [2.75, 3.05) is 5.88 Å². The van der Waals surface area contributed by atoms with Gasteiger partial charge in [0.25, 0.3) is 5.91 Å². The van der Waals surface area contributed by atoms with E-state index in [0.29, 0.717) is 28.3 Å². The standard InChI is InChI=1S/C17H19BrClN3O/c1-10-4-5-13(11(2)6-10)7-14(8-19)22-17(23)16-15(18)9-20-12(3)21-16/h4-6,9,14H,7-8H2,1-3H3,(H,22,23)/t14-/m1/s1. The van der Waals surface area contributed by atoms with E-state index < -0.39 is 0 Å². The van der Waals surface area contributed by atoms with Crippen LogP contribution in [0, 0.1) is 20.8 Å².